The third kappa shape index (κ3) is 2.56. The van der Waals surface area contributed by atoms with Gasteiger partial charge in [-0.15, -0.1) is 0 Å². The third-order valence-electron chi connectivity index (χ3n) is 3.22. The van der Waals surface area contributed by atoms with E-state index in [0.717, 1.165) is 22.3 Å². The van der Waals surface area contributed by atoms with Crippen molar-refractivity contribution in [3.63, 3.8) is 0 Å². The maximum absolute atomic E-state index is 6.94. The van der Waals surface area contributed by atoms with Crippen LogP contribution in [0.5, 0.6) is 0 Å². The molecule has 3 heteroatoms. The molecule has 0 aliphatic carbocycles. The number of nitrogens with zero attached hydrogens (tertiary/aromatic N) is 2. The molecule has 1 heterocycles. The monoisotopic (exact) mass is 322 g/mol. The molecule has 0 amide bonds. The van der Waals surface area contributed by atoms with E-state index in [0.29, 0.717) is 5.69 Å². The lowest BCUT2D eigenvalue weighted by Gasteiger charge is -2.00. The molecule has 0 saturated heterocycles. The van der Waals surface area contributed by atoms with Crippen LogP contribution in [-0.4, -0.2) is 5.71 Å². The summed E-state index contributed by atoms with van der Waals surface area (Å²) in [7, 11) is 0. The molecule has 0 bridgehead atoms. The Morgan fingerprint density at radius 2 is 1.90 bits per heavy atom. The summed E-state index contributed by atoms with van der Waals surface area (Å²) >= 11 is 3.50. The molecule has 0 spiro atoms. The van der Waals surface area contributed by atoms with E-state index in [1.165, 1.54) is 11.1 Å². The van der Waals surface area contributed by atoms with Gasteiger partial charge in [0.25, 0.3) is 0 Å². The van der Waals surface area contributed by atoms with Gasteiger partial charge in [0.2, 0.25) is 0 Å². The zero-order valence-corrected chi connectivity index (χ0v) is 12.3. The van der Waals surface area contributed by atoms with Crippen molar-refractivity contribution in [3.8, 4) is 0 Å². The van der Waals surface area contributed by atoms with Gasteiger partial charge in [0, 0.05) is 10.0 Å². The zero-order valence-electron chi connectivity index (χ0n) is 10.7. The number of hydrogen-bond donors (Lipinski definition) is 0. The van der Waals surface area contributed by atoms with Crippen molar-refractivity contribution in [1.29, 1.82) is 0 Å². The van der Waals surface area contributed by atoms with Gasteiger partial charge in [-0.1, -0.05) is 52.3 Å². The lowest BCUT2D eigenvalue weighted by Crippen LogP contribution is -1.93. The van der Waals surface area contributed by atoms with Crippen LogP contribution in [0.1, 0.15) is 16.7 Å². The van der Waals surface area contributed by atoms with Crippen LogP contribution in [0.15, 0.2) is 58.0 Å². The highest BCUT2D eigenvalue weighted by molar-refractivity contribution is 9.10. The van der Waals surface area contributed by atoms with Crippen molar-refractivity contribution in [1.82, 2.24) is 0 Å². The van der Waals surface area contributed by atoms with Crippen molar-refractivity contribution in [2.45, 2.75) is 6.54 Å². The molecule has 20 heavy (non-hydrogen) atoms. The molecular weight excluding hydrogens is 312 g/mol. The molecule has 2 nitrogen and oxygen atoms in total. The fourth-order valence-corrected chi connectivity index (χ4v) is 2.52. The highest BCUT2D eigenvalue weighted by atomic mass is 79.9. The van der Waals surface area contributed by atoms with Gasteiger partial charge < -0.3 is 0 Å². The summed E-state index contributed by atoms with van der Waals surface area (Å²) in [5.41, 5.74) is 5.19. The van der Waals surface area contributed by atoms with Crippen LogP contribution in [0.2, 0.25) is 0 Å². The first-order valence-corrected chi connectivity index (χ1v) is 7.04. The van der Waals surface area contributed by atoms with Crippen LogP contribution in [0.4, 0.5) is 5.69 Å². The highest BCUT2D eigenvalue weighted by Crippen LogP contribution is 2.24. The molecule has 0 unspecified atom stereocenters. The molecule has 2 aromatic carbocycles. The number of hydrogen-bond acceptors (Lipinski definition) is 1. The van der Waals surface area contributed by atoms with E-state index in [1.54, 1.807) is 0 Å². The summed E-state index contributed by atoms with van der Waals surface area (Å²) in [5, 5.41) is 0. The molecule has 0 radical (unpaired) electrons. The molecule has 0 atom stereocenters. The Labute approximate surface area is 126 Å². The number of halogens is 1. The Hall–Kier alpha value is -2.18. The summed E-state index contributed by atoms with van der Waals surface area (Å²) in [6.45, 7) is 7.69. The van der Waals surface area contributed by atoms with E-state index >= 15 is 0 Å². The summed E-state index contributed by atoms with van der Waals surface area (Å²) in [5.74, 6) is 0. The minimum absolute atomic E-state index is 0.662. The van der Waals surface area contributed by atoms with Crippen LogP contribution >= 0.6 is 15.9 Å². The largest absolute Gasteiger partial charge is 0.280 e. The molecule has 2 aromatic rings. The van der Waals surface area contributed by atoms with Crippen molar-refractivity contribution >= 4 is 33.4 Å². The SMILES string of the molecule is [C-]#[N+]c1ccc(/C=C/C2=NCc3ccc(Br)cc32)cc1. The van der Waals surface area contributed by atoms with E-state index in [9.17, 15) is 0 Å². The Balaban J connectivity index is 1.84. The first kappa shape index (κ1) is 12.8. The summed E-state index contributed by atoms with van der Waals surface area (Å²) in [4.78, 5) is 7.94. The number of aliphatic imine (C=N–C) groups is 1. The fraction of sp³-hybridized carbons (Fsp3) is 0.0588. The minimum Gasteiger partial charge on any atom is -0.280 e. The smallest absolute Gasteiger partial charge is 0.187 e. The Kier molecular flexibility index (Phi) is 3.49. The van der Waals surface area contributed by atoms with E-state index in [4.69, 9.17) is 6.57 Å². The number of benzene rings is 2. The Bertz CT molecular complexity index is 750. The van der Waals surface area contributed by atoms with Gasteiger partial charge in [-0.2, -0.15) is 0 Å². The Morgan fingerprint density at radius 3 is 2.65 bits per heavy atom. The average molecular weight is 323 g/mol. The maximum Gasteiger partial charge on any atom is 0.187 e. The molecule has 0 aromatic heterocycles. The maximum atomic E-state index is 6.94. The van der Waals surface area contributed by atoms with E-state index < -0.39 is 0 Å². The quantitative estimate of drug-likeness (QED) is 0.691. The van der Waals surface area contributed by atoms with Gasteiger partial charge in [-0.3, -0.25) is 4.99 Å². The van der Waals surface area contributed by atoms with Crippen molar-refractivity contribution in [2.75, 3.05) is 0 Å². The van der Waals surface area contributed by atoms with E-state index in [-0.39, 0.29) is 0 Å². The normalized spacial score (nSPS) is 13.1. The Morgan fingerprint density at radius 1 is 1.10 bits per heavy atom. The van der Waals surface area contributed by atoms with Gasteiger partial charge in [0.15, 0.2) is 5.69 Å². The minimum atomic E-state index is 0.662. The fourth-order valence-electron chi connectivity index (χ4n) is 2.16. The van der Waals surface area contributed by atoms with Gasteiger partial charge in [0.05, 0.1) is 18.8 Å². The first-order chi connectivity index (χ1) is 9.76. The molecule has 0 N–H and O–H groups in total. The third-order valence-corrected chi connectivity index (χ3v) is 3.72. The molecule has 3 rings (SSSR count). The van der Waals surface area contributed by atoms with Gasteiger partial charge in [-0.05, 0) is 29.3 Å². The van der Waals surface area contributed by atoms with Crippen LogP contribution in [-0.2, 0) is 6.54 Å². The summed E-state index contributed by atoms with van der Waals surface area (Å²) in [6.07, 6.45) is 4.06. The highest BCUT2D eigenvalue weighted by Gasteiger charge is 2.13. The van der Waals surface area contributed by atoms with Gasteiger partial charge in [-0.25, -0.2) is 4.85 Å². The number of allylic oxidation sites excluding steroid dienone is 1. The summed E-state index contributed by atoms with van der Waals surface area (Å²) < 4.78 is 1.07. The lowest BCUT2D eigenvalue weighted by molar-refractivity contribution is 1.11. The molecule has 0 fully saturated rings. The number of fused-ring (bicyclic) bond motifs is 1. The predicted molar refractivity (Wildman–Crippen MR) is 86.1 cm³/mol. The molecular formula is C17H11BrN2. The second-order valence-corrected chi connectivity index (χ2v) is 5.46. The summed E-state index contributed by atoms with van der Waals surface area (Å²) in [6, 6.07) is 13.8. The standard InChI is InChI=1S/C17H11BrN2/c1-19-15-7-2-12(3-8-15)4-9-17-16-10-14(18)6-5-13(16)11-20-17/h2-10H,11H2/b9-4+. The van der Waals surface area contributed by atoms with Crippen molar-refractivity contribution in [3.05, 3.63) is 81.1 Å². The second-order valence-electron chi connectivity index (χ2n) is 4.54. The molecule has 1 aliphatic heterocycles. The van der Waals surface area contributed by atoms with E-state index in [1.807, 2.05) is 42.5 Å². The predicted octanol–water partition coefficient (Wildman–Crippen LogP) is 5.02. The number of rotatable bonds is 2. The van der Waals surface area contributed by atoms with Gasteiger partial charge >= 0.3 is 0 Å². The van der Waals surface area contributed by atoms with Crippen LogP contribution in [0, 0.1) is 6.57 Å². The van der Waals surface area contributed by atoms with Crippen LogP contribution < -0.4 is 0 Å². The second kappa shape index (κ2) is 5.44. The lowest BCUT2D eigenvalue weighted by atomic mass is 10.0. The van der Waals surface area contributed by atoms with Crippen LogP contribution in [0.25, 0.3) is 10.9 Å². The first-order valence-electron chi connectivity index (χ1n) is 6.25. The van der Waals surface area contributed by atoms with E-state index in [2.05, 4.69) is 37.9 Å². The average Bonchev–Trinajstić information content (AvgIpc) is 2.88. The molecule has 96 valence electrons. The zero-order chi connectivity index (χ0) is 13.9. The molecule has 0 saturated carbocycles. The topological polar surface area (TPSA) is 16.7 Å². The molecule has 1 aliphatic rings. The van der Waals surface area contributed by atoms with Crippen molar-refractivity contribution in [2.24, 2.45) is 4.99 Å². The van der Waals surface area contributed by atoms with Gasteiger partial charge in [0.1, 0.15) is 0 Å². The van der Waals surface area contributed by atoms with Crippen molar-refractivity contribution < 1.29 is 0 Å². The van der Waals surface area contributed by atoms with Crippen LogP contribution in [0.3, 0.4) is 0 Å².